The molecule has 4 rings (SSSR count). The highest BCUT2D eigenvalue weighted by Crippen LogP contribution is 2.31. The number of amides is 1. The number of carbonyl (C=O) groups excluding carboxylic acids is 1. The topological polar surface area (TPSA) is 107 Å². The minimum absolute atomic E-state index is 0.248. The van der Waals surface area contributed by atoms with Crippen LogP contribution >= 0.6 is 0 Å². The molecule has 1 aliphatic rings. The van der Waals surface area contributed by atoms with Crippen molar-refractivity contribution < 1.29 is 28.5 Å². The summed E-state index contributed by atoms with van der Waals surface area (Å²) >= 11 is 0. The molecular weight excluding hydrogens is 490 g/mol. The normalized spacial score (nSPS) is 14.7. The SMILES string of the molecule is C[Si](C)(C)CCOCn1ncc2cc(C(N)=O)c(Oc3ccc(OCCOC4CCOCC4)cc3)cc21. The Kier molecular flexibility index (Phi) is 9.20. The lowest BCUT2D eigenvalue weighted by Crippen LogP contribution is -2.25. The number of carbonyl (C=O) groups is 1. The number of aromatic nitrogens is 2. The van der Waals surface area contributed by atoms with Gasteiger partial charge in [0.1, 0.15) is 30.6 Å². The molecule has 1 aromatic heterocycles. The number of nitrogens with zero attached hydrogens (tertiary/aromatic N) is 2. The van der Waals surface area contributed by atoms with Crippen molar-refractivity contribution in [3.63, 3.8) is 0 Å². The van der Waals surface area contributed by atoms with Crippen LogP contribution in [0.3, 0.4) is 0 Å². The van der Waals surface area contributed by atoms with Crippen molar-refractivity contribution in [3.8, 4) is 17.2 Å². The van der Waals surface area contributed by atoms with Crippen molar-refractivity contribution in [3.05, 3.63) is 48.2 Å². The second-order valence-electron chi connectivity index (χ2n) is 10.4. The Bertz CT molecular complexity index is 1170. The summed E-state index contributed by atoms with van der Waals surface area (Å²) in [4.78, 5) is 12.1. The number of fused-ring (bicyclic) bond motifs is 1. The van der Waals surface area contributed by atoms with Gasteiger partial charge in [-0.3, -0.25) is 4.79 Å². The molecule has 3 aromatic rings. The molecule has 2 heterocycles. The van der Waals surface area contributed by atoms with E-state index < -0.39 is 14.0 Å². The molecule has 9 nitrogen and oxygen atoms in total. The van der Waals surface area contributed by atoms with E-state index in [0.717, 1.165) is 43.0 Å². The van der Waals surface area contributed by atoms with Gasteiger partial charge < -0.3 is 29.4 Å². The third kappa shape index (κ3) is 8.03. The van der Waals surface area contributed by atoms with Crippen LogP contribution in [0.1, 0.15) is 23.2 Å². The van der Waals surface area contributed by atoms with Crippen LogP contribution in [0, 0.1) is 0 Å². The van der Waals surface area contributed by atoms with Gasteiger partial charge in [0.05, 0.1) is 30.0 Å². The number of primary amides is 1. The second kappa shape index (κ2) is 12.5. The molecule has 1 fully saturated rings. The van der Waals surface area contributed by atoms with Crippen LogP contribution in [0.2, 0.25) is 25.7 Å². The maximum absolute atomic E-state index is 12.1. The molecule has 0 saturated carbocycles. The first kappa shape index (κ1) is 27.1. The quantitative estimate of drug-likeness (QED) is 0.251. The number of hydrogen-bond acceptors (Lipinski definition) is 7. The Hall–Kier alpha value is -2.92. The summed E-state index contributed by atoms with van der Waals surface area (Å²) in [7, 11) is -1.17. The molecule has 10 heteroatoms. The van der Waals surface area contributed by atoms with Crippen molar-refractivity contribution in [1.29, 1.82) is 0 Å². The van der Waals surface area contributed by atoms with Crippen molar-refractivity contribution in [2.45, 2.75) is 51.4 Å². The molecule has 0 atom stereocenters. The molecular formula is C27H37N3O6Si. The van der Waals surface area contributed by atoms with Gasteiger partial charge in [-0.1, -0.05) is 19.6 Å². The van der Waals surface area contributed by atoms with E-state index in [-0.39, 0.29) is 11.7 Å². The molecule has 0 aliphatic carbocycles. The van der Waals surface area contributed by atoms with Crippen LogP contribution in [-0.4, -0.2) is 62.9 Å². The molecule has 0 spiro atoms. The van der Waals surface area contributed by atoms with Gasteiger partial charge in [0.2, 0.25) is 0 Å². The van der Waals surface area contributed by atoms with Crippen LogP contribution in [0.4, 0.5) is 0 Å². The smallest absolute Gasteiger partial charge is 0.252 e. The number of hydrogen-bond donors (Lipinski definition) is 1. The van der Waals surface area contributed by atoms with E-state index in [9.17, 15) is 4.79 Å². The van der Waals surface area contributed by atoms with Gasteiger partial charge in [0.25, 0.3) is 5.91 Å². The Morgan fingerprint density at radius 2 is 1.81 bits per heavy atom. The fourth-order valence-corrected chi connectivity index (χ4v) is 4.72. The molecule has 1 saturated heterocycles. The lowest BCUT2D eigenvalue weighted by Gasteiger charge is -2.22. The number of rotatable bonds is 13. The summed E-state index contributed by atoms with van der Waals surface area (Å²) in [5, 5.41) is 5.21. The predicted molar refractivity (Wildman–Crippen MR) is 144 cm³/mol. The van der Waals surface area contributed by atoms with E-state index in [2.05, 4.69) is 24.7 Å². The number of nitrogens with two attached hydrogens (primary N) is 1. The van der Waals surface area contributed by atoms with Crippen LogP contribution < -0.4 is 15.2 Å². The molecule has 0 bridgehead atoms. The largest absolute Gasteiger partial charge is 0.491 e. The molecule has 1 amide bonds. The van der Waals surface area contributed by atoms with E-state index in [0.29, 0.717) is 43.8 Å². The molecule has 2 aromatic carbocycles. The van der Waals surface area contributed by atoms with Gasteiger partial charge in [0, 0.05) is 39.3 Å². The van der Waals surface area contributed by atoms with Crippen LogP contribution in [0.5, 0.6) is 17.2 Å². The molecule has 0 unspecified atom stereocenters. The number of benzene rings is 2. The lowest BCUT2D eigenvalue weighted by atomic mass is 10.1. The van der Waals surface area contributed by atoms with Gasteiger partial charge in [-0.15, -0.1) is 0 Å². The van der Waals surface area contributed by atoms with Gasteiger partial charge in [-0.2, -0.15) is 5.10 Å². The summed E-state index contributed by atoms with van der Waals surface area (Å²) in [5.41, 5.74) is 6.74. The Morgan fingerprint density at radius 3 is 2.51 bits per heavy atom. The Morgan fingerprint density at radius 1 is 1.08 bits per heavy atom. The van der Waals surface area contributed by atoms with Gasteiger partial charge >= 0.3 is 0 Å². The molecule has 0 radical (unpaired) electrons. The van der Waals surface area contributed by atoms with Gasteiger partial charge in [-0.25, -0.2) is 4.68 Å². The third-order valence-corrected chi connectivity index (χ3v) is 7.85. The maximum Gasteiger partial charge on any atom is 0.252 e. The monoisotopic (exact) mass is 527 g/mol. The summed E-state index contributed by atoms with van der Waals surface area (Å²) in [6, 6.07) is 11.8. The minimum Gasteiger partial charge on any atom is -0.491 e. The van der Waals surface area contributed by atoms with Crippen LogP contribution in [0.25, 0.3) is 10.9 Å². The first-order valence-electron chi connectivity index (χ1n) is 12.8. The summed E-state index contributed by atoms with van der Waals surface area (Å²) in [5.74, 6) is 1.06. The van der Waals surface area contributed by atoms with Crippen molar-refractivity contribution in [2.75, 3.05) is 33.0 Å². The zero-order valence-corrected chi connectivity index (χ0v) is 22.9. The molecule has 2 N–H and O–H groups in total. The van der Waals surface area contributed by atoms with E-state index in [1.165, 1.54) is 0 Å². The first-order valence-corrected chi connectivity index (χ1v) is 16.5. The maximum atomic E-state index is 12.1. The zero-order valence-electron chi connectivity index (χ0n) is 21.9. The number of ether oxygens (including phenoxy) is 5. The van der Waals surface area contributed by atoms with Crippen LogP contribution in [0.15, 0.2) is 42.6 Å². The third-order valence-electron chi connectivity index (χ3n) is 6.14. The predicted octanol–water partition coefficient (Wildman–Crippen LogP) is 4.81. The van der Waals surface area contributed by atoms with Crippen molar-refractivity contribution in [1.82, 2.24) is 9.78 Å². The Balaban J connectivity index is 1.37. The standard InChI is InChI=1S/C27H37N3O6Si/c1-37(2,3)15-14-33-19-30-25-17-26(24(27(28)31)16-20(25)18-29-30)36-23-6-4-21(5-7-23)34-12-13-35-22-8-10-32-11-9-22/h4-7,16-18,22H,8-15,19H2,1-3H3,(H2,28,31). The highest BCUT2D eigenvalue weighted by molar-refractivity contribution is 6.76. The minimum atomic E-state index is -1.17. The van der Waals surface area contributed by atoms with E-state index in [4.69, 9.17) is 29.4 Å². The first-order chi connectivity index (χ1) is 17.8. The zero-order chi connectivity index (χ0) is 26.3. The molecule has 1 aliphatic heterocycles. The van der Waals surface area contributed by atoms with Crippen LogP contribution in [-0.2, 0) is 20.9 Å². The average molecular weight is 528 g/mol. The van der Waals surface area contributed by atoms with Crippen molar-refractivity contribution >= 4 is 24.9 Å². The summed E-state index contributed by atoms with van der Waals surface area (Å²) in [6.45, 7) is 10.5. The lowest BCUT2D eigenvalue weighted by molar-refractivity contribution is -0.0388. The summed E-state index contributed by atoms with van der Waals surface area (Å²) in [6.07, 6.45) is 3.80. The molecule has 37 heavy (non-hydrogen) atoms. The van der Waals surface area contributed by atoms with E-state index in [1.54, 1.807) is 35.1 Å². The van der Waals surface area contributed by atoms with E-state index in [1.807, 2.05) is 12.1 Å². The van der Waals surface area contributed by atoms with Gasteiger partial charge in [0.15, 0.2) is 0 Å². The second-order valence-corrected chi connectivity index (χ2v) is 16.0. The highest BCUT2D eigenvalue weighted by Gasteiger charge is 2.17. The fourth-order valence-electron chi connectivity index (χ4n) is 3.96. The van der Waals surface area contributed by atoms with Crippen molar-refractivity contribution in [2.24, 2.45) is 5.73 Å². The Labute approximate surface area is 218 Å². The van der Waals surface area contributed by atoms with E-state index >= 15 is 0 Å². The highest BCUT2D eigenvalue weighted by atomic mass is 28.3. The van der Waals surface area contributed by atoms with Gasteiger partial charge in [-0.05, 0) is 49.2 Å². The molecule has 200 valence electrons. The average Bonchev–Trinajstić information content (AvgIpc) is 3.27. The summed E-state index contributed by atoms with van der Waals surface area (Å²) < 4.78 is 30.7. The fraction of sp³-hybridized carbons (Fsp3) is 0.481.